The lowest BCUT2D eigenvalue weighted by Gasteiger charge is -2.24. The van der Waals surface area contributed by atoms with E-state index in [-0.39, 0.29) is 5.92 Å². The van der Waals surface area contributed by atoms with Gasteiger partial charge in [0.05, 0.1) is 0 Å². The predicted molar refractivity (Wildman–Crippen MR) is 103 cm³/mol. The van der Waals surface area contributed by atoms with Gasteiger partial charge in [0.2, 0.25) is 5.91 Å². The minimum atomic E-state index is -0.945. The van der Waals surface area contributed by atoms with Crippen molar-refractivity contribution in [3.8, 4) is 0 Å². The Kier molecular flexibility index (Phi) is 5.83. The summed E-state index contributed by atoms with van der Waals surface area (Å²) in [6.45, 7) is 1.45. The van der Waals surface area contributed by atoms with Crippen LogP contribution in [0.4, 0.5) is 17.1 Å². The van der Waals surface area contributed by atoms with Gasteiger partial charge in [-0.05, 0) is 62.3 Å². The molecule has 0 unspecified atom stereocenters. The molecule has 3 amide bonds. The van der Waals surface area contributed by atoms with E-state index < -0.39 is 17.7 Å². The van der Waals surface area contributed by atoms with E-state index in [0.29, 0.717) is 29.9 Å². The fourth-order valence-electron chi connectivity index (χ4n) is 3.04. The molecular formula is C20H22N4O3. The minimum absolute atomic E-state index is 0.260. The Morgan fingerprint density at radius 3 is 2.15 bits per heavy atom. The van der Waals surface area contributed by atoms with E-state index in [1.165, 1.54) is 4.90 Å². The largest absolute Gasteiger partial charge is 0.399 e. The molecule has 2 aromatic rings. The van der Waals surface area contributed by atoms with Crippen LogP contribution in [0.25, 0.3) is 0 Å². The minimum Gasteiger partial charge on any atom is -0.399 e. The third-order valence-electron chi connectivity index (χ3n) is 4.51. The van der Waals surface area contributed by atoms with Gasteiger partial charge in [0.15, 0.2) is 0 Å². The van der Waals surface area contributed by atoms with Crippen LogP contribution in [0.5, 0.6) is 0 Å². The van der Waals surface area contributed by atoms with Crippen molar-refractivity contribution >= 4 is 34.8 Å². The number of carbonyl (C=O) groups excluding carboxylic acids is 3. The molecule has 1 aliphatic heterocycles. The Morgan fingerprint density at radius 2 is 1.52 bits per heavy atom. The number of hydrogen-bond donors (Lipinski definition) is 3. The molecule has 1 fully saturated rings. The lowest BCUT2D eigenvalue weighted by atomic mass is 9.97. The Morgan fingerprint density at radius 1 is 0.926 bits per heavy atom. The molecule has 0 radical (unpaired) electrons. The summed E-state index contributed by atoms with van der Waals surface area (Å²) in [6.07, 6.45) is 1.29. The van der Waals surface area contributed by atoms with E-state index in [0.717, 1.165) is 13.1 Å². The second kappa shape index (κ2) is 8.46. The van der Waals surface area contributed by atoms with Gasteiger partial charge in [-0.1, -0.05) is 18.2 Å². The molecule has 3 rings (SSSR count). The molecule has 0 spiro atoms. The van der Waals surface area contributed by atoms with Crippen LogP contribution in [0, 0.1) is 5.92 Å². The maximum absolute atomic E-state index is 12.9. The number of piperidine rings is 1. The number of nitrogens with one attached hydrogen (secondary N) is 2. The van der Waals surface area contributed by atoms with E-state index >= 15 is 0 Å². The zero-order valence-electron chi connectivity index (χ0n) is 14.9. The van der Waals surface area contributed by atoms with Gasteiger partial charge in [-0.2, -0.15) is 0 Å². The number of nitrogens with two attached hydrogens (primary N) is 1. The number of nitrogen functional groups attached to an aromatic ring is 1. The Bertz CT molecular complexity index is 815. The van der Waals surface area contributed by atoms with Gasteiger partial charge in [-0.3, -0.25) is 24.6 Å². The number of para-hydroxylation sites is 1. The van der Waals surface area contributed by atoms with Gasteiger partial charge >= 0.3 is 11.8 Å². The van der Waals surface area contributed by atoms with Crippen LogP contribution in [-0.2, 0) is 14.4 Å². The second-order valence-corrected chi connectivity index (χ2v) is 6.41. The number of carbonyl (C=O) groups is 3. The number of benzene rings is 2. The fourth-order valence-corrected chi connectivity index (χ4v) is 3.04. The van der Waals surface area contributed by atoms with Crippen LogP contribution in [0.2, 0.25) is 0 Å². The summed E-state index contributed by atoms with van der Waals surface area (Å²) < 4.78 is 0. The highest BCUT2D eigenvalue weighted by atomic mass is 16.2. The fraction of sp³-hybridized carbons (Fsp3) is 0.250. The topological polar surface area (TPSA) is 105 Å². The van der Waals surface area contributed by atoms with E-state index in [4.69, 9.17) is 5.73 Å². The van der Waals surface area contributed by atoms with Gasteiger partial charge in [-0.15, -0.1) is 0 Å². The third kappa shape index (κ3) is 4.51. The maximum Gasteiger partial charge on any atom is 0.321 e. The van der Waals surface area contributed by atoms with E-state index in [2.05, 4.69) is 10.6 Å². The lowest BCUT2D eigenvalue weighted by molar-refractivity contribution is -0.141. The summed E-state index contributed by atoms with van der Waals surface area (Å²) in [7, 11) is 0. The smallest absolute Gasteiger partial charge is 0.321 e. The molecule has 7 heteroatoms. The molecule has 140 valence electrons. The van der Waals surface area contributed by atoms with Gasteiger partial charge in [0.25, 0.3) is 0 Å². The molecule has 0 saturated carbocycles. The average molecular weight is 366 g/mol. The van der Waals surface area contributed by atoms with Gasteiger partial charge in [-0.25, -0.2) is 0 Å². The number of rotatable bonds is 3. The third-order valence-corrected chi connectivity index (χ3v) is 4.51. The number of nitrogens with zero attached hydrogens (tertiary/aromatic N) is 1. The number of anilines is 3. The van der Waals surface area contributed by atoms with Crippen molar-refractivity contribution in [2.45, 2.75) is 12.8 Å². The molecule has 0 aliphatic carbocycles. The van der Waals surface area contributed by atoms with Crippen molar-refractivity contribution in [2.24, 2.45) is 5.92 Å². The summed E-state index contributed by atoms with van der Waals surface area (Å²) in [5.74, 6) is -2.43. The molecule has 27 heavy (non-hydrogen) atoms. The normalized spacial score (nSPS) is 14.4. The predicted octanol–water partition coefficient (Wildman–Crippen LogP) is 1.58. The molecule has 1 aliphatic rings. The van der Waals surface area contributed by atoms with Crippen LogP contribution >= 0.6 is 0 Å². The van der Waals surface area contributed by atoms with E-state index in [9.17, 15) is 14.4 Å². The first kappa shape index (κ1) is 18.6. The molecule has 1 heterocycles. The number of amides is 3. The van der Waals surface area contributed by atoms with Crippen molar-refractivity contribution in [1.29, 1.82) is 0 Å². The Labute approximate surface area is 157 Å². The van der Waals surface area contributed by atoms with Crippen molar-refractivity contribution in [2.75, 3.05) is 23.7 Å². The summed E-state index contributed by atoms with van der Waals surface area (Å²) in [5, 5.41) is 5.42. The monoisotopic (exact) mass is 366 g/mol. The standard InChI is InChI=1S/C20H22N4O3/c21-15-6-8-17(9-7-15)24(16-4-2-1-3-5-16)20(27)19(26)23-18(25)14-10-12-22-13-11-14/h1-9,14,22H,10-13,21H2,(H,23,25,26). The van der Waals surface area contributed by atoms with E-state index in [1.54, 1.807) is 48.5 Å². The van der Waals surface area contributed by atoms with Gasteiger partial charge < -0.3 is 11.1 Å². The number of imide groups is 1. The quantitative estimate of drug-likeness (QED) is 0.565. The van der Waals surface area contributed by atoms with Crippen LogP contribution in [0.15, 0.2) is 54.6 Å². The highest BCUT2D eigenvalue weighted by molar-refractivity contribution is 6.44. The first-order valence-electron chi connectivity index (χ1n) is 8.87. The summed E-state index contributed by atoms with van der Waals surface area (Å²) in [4.78, 5) is 38.9. The van der Waals surface area contributed by atoms with E-state index in [1.807, 2.05) is 6.07 Å². The van der Waals surface area contributed by atoms with Gasteiger partial charge in [0.1, 0.15) is 0 Å². The summed E-state index contributed by atoms with van der Waals surface area (Å²) in [5.41, 5.74) is 7.28. The van der Waals surface area contributed by atoms with Crippen molar-refractivity contribution < 1.29 is 14.4 Å². The van der Waals surface area contributed by atoms with Crippen molar-refractivity contribution in [1.82, 2.24) is 10.6 Å². The molecule has 0 atom stereocenters. The summed E-state index contributed by atoms with van der Waals surface area (Å²) in [6, 6.07) is 15.4. The summed E-state index contributed by atoms with van der Waals surface area (Å²) >= 11 is 0. The molecule has 2 aromatic carbocycles. The zero-order valence-corrected chi connectivity index (χ0v) is 14.9. The number of hydrogen-bond acceptors (Lipinski definition) is 5. The Hall–Kier alpha value is -3.19. The first-order valence-corrected chi connectivity index (χ1v) is 8.87. The first-order chi connectivity index (χ1) is 13.1. The molecular weight excluding hydrogens is 344 g/mol. The van der Waals surface area contributed by atoms with Crippen LogP contribution in [0.1, 0.15) is 12.8 Å². The molecule has 4 N–H and O–H groups in total. The van der Waals surface area contributed by atoms with Crippen molar-refractivity contribution in [3.63, 3.8) is 0 Å². The second-order valence-electron chi connectivity index (χ2n) is 6.41. The molecule has 7 nitrogen and oxygen atoms in total. The highest BCUT2D eigenvalue weighted by Gasteiger charge is 2.29. The molecule has 0 bridgehead atoms. The van der Waals surface area contributed by atoms with Crippen LogP contribution in [0.3, 0.4) is 0 Å². The molecule has 0 aromatic heterocycles. The lowest BCUT2D eigenvalue weighted by Crippen LogP contribution is -2.47. The highest BCUT2D eigenvalue weighted by Crippen LogP contribution is 2.26. The van der Waals surface area contributed by atoms with Crippen molar-refractivity contribution in [3.05, 3.63) is 54.6 Å². The zero-order chi connectivity index (χ0) is 19.2. The van der Waals surface area contributed by atoms with Crippen LogP contribution < -0.4 is 21.3 Å². The van der Waals surface area contributed by atoms with Gasteiger partial charge in [0, 0.05) is 23.0 Å². The SMILES string of the molecule is Nc1ccc(N(C(=O)C(=O)NC(=O)C2CCNCC2)c2ccccc2)cc1. The maximum atomic E-state index is 12.9. The molecule has 1 saturated heterocycles. The van der Waals surface area contributed by atoms with Crippen LogP contribution in [-0.4, -0.2) is 30.8 Å². The average Bonchev–Trinajstić information content (AvgIpc) is 2.71. The Balaban J connectivity index is 1.81.